The van der Waals surface area contributed by atoms with Gasteiger partial charge in [-0.05, 0) is 94.0 Å². The zero-order chi connectivity index (χ0) is 56.7. The molecule has 0 aliphatic heterocycles. The molecule has 10 nitrogen and oxygen atoms in total. The average molecular weight is 1100 g/mol. The van der Waals surface area contributed by atoms with Crippen LogP contribution in [0.25, 0.3) is 125 Å². The molecule has 0 fully saturated rings. The van der Waals surface area contributed by atoms with Crippen LogP contribution in [-0.4, -0.2) is 49.0 Å². The SMILES string of the molecule is c1ccc(-c2nc(-c3ccc(-c4nc5ccccc5n4-c4ccccc4)cc3)nc(-c3ccc4c(c3)C3c5ccccc5C4c4cc(-c5nc(-c6ccccc6)nc(-c6ccc(-c7nc8ccccc8n7-c7ccccc7)cc6)n5)ccc43)n2)cc1. The lowest BCUT2D eigenvalue weighted by Crippen LogP contribution is -2.27. The van der Waals surface area contributed by atoms with Crippen LogP contribution in [0.3, 0.4) is 0 Å². The van der Waals surface area contributed by atoms with E-state index in [1.54, 1.807) is 0 Å². The van der Waals surface area contributed by atoms with Gasteiger partial charge < -0.3 is 0 Å². The standard InChI is InChI=1S/C76H48N10/c1-5-19-47(20-6-1)69-79-71(49-33-37-51(38-34-49)75-77-63-29-15-17-31-65(63)85(75)55-23-9-3-10-24-55)83-73(81-69)53-41-43-59-61(45-53)67-57-27-13-14-28-58(57)68(59)62-46-54(42-44-60(62)67)74-82-70(48-21-7-2-8-22-48)80-72(84-74)50-35-39-52(40-36-50)76-78-64-30-16-18-32-66(64)86(76)56-25-11-4-12-26-56/h1-46,67-68H. The highest BCUT2D eigenvalue weighted by Crippen LogP contribution is 2.57. The van der Waals surface area contributed by atoms with Crippen molar-refractivity contribution in [3.05, 3.63) is 312 Å². The first-order valence-corrected chi connectivity index (χ1v) is 28.9. The maximum absolute atomic E-state index is 5.28. The molecule has 2 atom stereocenters. The minimum atomic E-state index is -0.0277. The lowest BCUT2D eigenvalue weighted by atomic mass is 9.61. The van der Waals surface area contributed by atoms with Gasteiger partial charge in [0.1, 0.15) is 11.6 Å². The third kappa shape index (κ3) is 8.25. The molecule has 2 unspecified atom stereocenters. The fraction of sp³-hybridized carbons (Fsp3) is 0.0263. The highest BCUT2D eigenvalue weighted by molar-refractivity contribution is 5.86. The predicted molar refractivity (Wildman–Crippen MR) is 341 cm³/mol. The summed E-state index contributed by atoms with van der Waals surface area (Å²) in [5.74, 6) is 5.29. The first kappa shape index (κ1) is 49.0. The first-order chi connectivity index (χ1) is 42.6. The van der Waals surface area contributed by atoms with Crippen molar-refractivity contribution in [3.63, 3.8) is 0 Å². The largest absolute Gasteiger partial charge is 0.292 e. The van der Waals surface area contributed by atoms with Crippen molar-refractivity contribution in [2.24, 2.45) is 0 Å². The van der Waals surface area contributed by atoms with Crippen LogP contribution < -0.4 is 0 Å². The number of nitrogens with zero attached hydrogens (tertiary/aromatic N) is 10. The molecule has 0 N–H and O–H groups in total. The maximum atomic E-state index is 5.28. The van der Waals surface area contributed by atoms with Crippen LogP contribution in [0.4, 0.5) is 0 Å². The van der Waals surface area contributed by atoms with Crippen LogP contribution in [0.5, 0.6) is 0 Å². The Morgan fingerprint density at radius 3 is 0.872 bits per heavy atom. The lowest BCUT2D eigenvalue weighted by molar-refractivity contribution is 0.754. The van der Waals surface area contributed by atoms with Crippen LogP contribution in [0, 0.1) is 0 Å². The highest BCUT2D eigenvalue weighted by Gasteiger charge is 2.42. The summed E-state index contributed by atoms with van der Waals surface area (Å²) in [6.45, 7) is 0. The Labute approximate surface area is 495 Å². The molecule has 11 aromatic carbocycles. The molecule has 86 heavy (non-hydrogen) atoms. The fourth-order valence-corrected chi connectivity index (χ4v) is 12.8. The maximum Gasteiger partial charge on any atom is 0.164 e. The second-order valence-electron chi connectivity index (χ2n) is 21.9. The molecule has 4 heterocycles. The lowest BCUT2D eigenvalue weighted by Gasteiger charge is -2.42. The van der Waals surface area contributed by atoms with Crippen LogP contribution in [0.15, 0.2) is 279 Å². The number of imidazole rings is 2. The number of para-hydroxylation sites is 6. The highest BCUT2D eigenvalue weighted by atomic mass is 15.1. The van der Waals surface area contributed by atoms with E-state index < -0.39 is 0 Å². The van der Waals surface area contributed by atoms with Crippen LogP contribution in [-0.2, 0) is 0 Å². The number of benzene rings is 11. The molecule has 15 aromatic rings. The summed E-state index contributed by atoms with van der Waals surface area (Å²) in [5.41, 5.74) is 21.1. The van der Waals surface area contributed by atoms with Crippen LogP contribution in [0.1, 0.15) is 45.2 Å². The van der Waals surface area contributed by atoms with Gasteiger partial charge >= 0.3 is 0 Å². The smallest absolute Gasteiger partial charge is 0.164 e. The monoisotopic (exact) mass is 1100 g/mol. The van der Waals surface area contributed by atoms with Gasteiger partial charge in [-0.3, -0.25) is 9.13 Å². The average Bonchev–Trinajstić information content (AvgIpc) is 0.970. The van der Waals surface area contributed by atoms with Crippen molar-refractivity contribution < 1.29 is 0 Å². The van der Waals surface area contributed by atoms with E-state index >= 15 is 0 Å². The second kappa shape index (κ2) is 20.1. The minimum absolute atomic E-state index is 0.0277. The summed E-state index contributed by atoms with van der Waals surface area (Å²) in [7, 11) is 0. The van der Waals surface area contributed by atoms with E-state index in [-0.39, 0.29) is 11.8 Å². The summed E-state index contributed by atoms with van der Waals surface area (Å²) in [6.07, 6.45) is 0. The van der Waals surface area contributed by atoms with Gasteiger partial charge in [0.25, 0.3) is 0 Å². The van der Waals surface area contributed by atoms with Gasteiger partial charge in [0.2, 0.25) is 0 Å². The predicted octanol–water partition coefficient (Wildman–Crippen LogP) is 17.1. The van der Waals surface area contributed by atoms with E-state index in [1.165, 1.54) is 33.4 Å². The summed E-state index contributed by atoms with van der Waals surface area (Å²) in [4.78, 5) is 41.5. The van der Waals surface area contributed by atoms with Crippen LogP contribution >= 0.6 is 0 Å². The molecule has 0 radical (unpaired) electrons. The number of hydrogen-bond acceptors (Lipinski definition) is 8. The van der Waals surface area contributed by atoms with Crippen molar-refractivity contribution >= 4 is 22.1 Å². The molecule has 3 aliphatic carbocycles. The van der Waals surface area contributed by atoms with Gasteiger partial charge in [0.15, 0.2) is 34.9 Å². The van der Waals surface area contributed by atoms with Crippen molar-refractivity contribution in [1.82, 2.24) is 49.0 Å². The zero-order valence-corrected chi connectivity index (χ0v) is 46.2. The second-order valence-corrected chi connectivity index (χ2v) is 21.9. The quantitative estimate of drug-likeness (QED) is 0.133. The Morgan fingerprint density at radius 1 is 0.209 bits per heavy atom. The van der Waals surface area contributed by atoms with E-state index in [2.05, 4.69) is 228 Å². The molecule has 0 saturated heterocycles. The van der Waals surface area contributed by atoms with Crippen molar-refractivity contribution in [1.29, 1.82) is 0 Å². The van der Waals surface area contributed by atoms with Crippen molar-refractivity contribution in [2.45, 2.75) is 11.8 Å². The molecule has 0 spiro atoms. The molecular formula is C76H48N10. The van der Waals surface area contributed by atoms with Gasteiger partial charge in [0, 0.05) is 67.7 Å². The van der Waals surface area contributed by atoms with E-state index in [0.29, 0.717) is 34.9 Å². The molecule has 2 bridgehead atoms. The Balaban J connectivity index is 0.738. The molecule has 10 heteroatoms. The first-order valence-electron chi connectivity index (χ1n) is 28.9. The topological polar surface area (TPSA) is 113 Å². The van der Waals surface area contributed by atoms with E-state index in [0.717, 1.165) is 89.6 Å². The fourth-order valence-electron chi connectivity index (χ4n) is 12.8. The third-order valence-corrected chi connectivity index (χ3v) is 16.8. The molecular weight excluding hydrogens is 1050 g/mol. The summed E-state index contributed by atoms with van der Waals surface area (Å²) < 4.78 is 4.44. The Hall–Kier alpha value is -11.6. The van der Waals surface area contributed by atoms with Gasteiger partial charge in [-0.2, -0.15) is 0 Å². The molecule has 3 aliphatic rings. The normalized spacial score (nSPS) is 13.8. The molecule has 0 amide bonds. The number of fused-ring (bicyclic) bond motifs is 2. The Bertz CT molecular complexity index is 4780. The summed E-state index contributed by atoms with van der Waals surface area (Å²) in [6, 6.07) is 97.0. The Morgan fingerprint density at radius 2 is 0.488 bits per heavy atom. The van der Waals surface area contributed by atoms with E-state index in [9.17, 15) is 0 Å². The number of hydrogen-bond donors (Lipinski definition) is 0. The van der Waals surface area contributed by atoms with Crippen molar-refractivity contribution in [2.75, 3.05) is 0 Å². The minimum Gasteiger partial charge on any atom is -0.292 e. The molecule has 402 valence electrons. The van der Waals surface area contributed by atoms with Crippen LogP contribution in [0.2, 0.25) is 0 Å². The van der Waals surface area contributed by atoms with E-state index in [4.69, 9.17) is 39.9 Å². The van der Waals surface area contributed by atoms with Gasteiger partial charge in [0.05, 0.1) is 22.1 Å². The van der Waals surface area contributed by atoms with E-state index in [1.807, 2.05) is 60.7 Å². The van der Waals surface area contributed by atoms with Gasteiger partial charge in [-0.15, -0.1) is 0 Å². The molecule has 18 rings (SSSR count). The number of aromatic nitrogens is 10. The summed E-state index contributed by atoms with van der Waals surface area (Å²) >= 11 is 0. The number of rotatable bonds is 10. The third-order valence-electron chi connectivity index (χ3n) is 16.8. The van der Waals surface area contributed by atoms with Gasteiger partial charge in [-0.1, -0.05) is 218 Å². The molecule has 0 saturated carbocycles. The zero-order valence-electron chi connectivity index (χ0n) is 46.2. The molecule has 4 aromatic heterocycles. The summed E-state index contributed by atoms with van der Waals surface area (Å²) in [5, 5.41) is 0. The van der Waals surface area contributed by atoms with Gasteiger partial charge in [-0.25, -0.2) is 39.9 Å². The van der Waals surface area contributed by atoms with Crippen molar-refractivity contribution in [3.8, 4) is 102 Å². The Kier molecular flexibility index (Phi) is 11.4.